The standard InChI is InChI=1S/C16H31N3O/c1-7-8-9-10-19(13(2)3)15-18-14(12-20-15)11-17-16(4,5)6/h12-13,17H,7-11H2,1-6H3. The van der Waals surface area contributed by atoms with E-state index in [1.165, 1.54) is 19.3 Å². The van der Waals surface area contributed by atoms with E-state index in [0.717, 1.165) is 24.8 Å². The van der Waals surface area contributed by atoms with Crippen LogP contribution in [0.1, 0.15) is 66.5 Å². The molecule has 0 aliphatic rings. The molecule has 0 saturated heterocycles. The van der Waals surface area contributed by atoms with Crippen molar-refractivity contribution in [3.63, 3.8) is 0 Å². The van der Waals surface area contributed by atoms with E-state index in [9.17, 15) is 0 Å². The lowest BCUT2D eigenvalue weighted by Crippen LogP contribution is -2.35. The number of nitrogens with one attached hydrogen (secondary N) is 1. The molecule has 0 aliphatic carbocycles. The van der Waals surface area contributed by atoms with Gasteiger partial charge in [0.15, 0.2) is 0 Å². The maximum atomic E-state index is 5.66. The van der Waals surface area contributed by atoms with Gasteiger partial charge in [0.25, 0.3) is 6.01 Å². The monoisotopic (exact) mass is 281 g/mol. The van der Waals surface area contributed by atoms with Gasteiger partial charge in [0.1, 0.15) is 6.26 Å². The number of unbranched alkanes of at least 4 members (excludes halogenated alkanes) is 2. The van der Waals surface area contributed by atoms with E-state index < -0.39 is 0 Å². The molecule has 1 aromatic heterocycles. The number of aromatic nitrogens is 1. The number of hydrogen-bond acceptors (Lipinski definition) is 4. The van der Waals surface area contributed by atoms with Crippen molar-refractivity contribution in [2.24, 2.45) is 0 Å². The second-order valence-electron chi connectivity index (χ2n) is 6.72. The van der Waals surface area contributed by atoms with Crippen molar-refractivity contribution >= 4 is 6.01 Å². The van der Waals surface area contributed by atoms with Crippen LogP contribution in [0.2, 0.25) is 0 Å². The van der Waals surface area contributed by atoms with Crippen LogP contribution in [-0.2, 0) is 6.54 Å². The van der Waals surface area contributed by atoms with Gasteiger partial charge >= 0.3 is 0 Å². The first kappa shape index (κ1) is 17.0. The highest BCUT2D eigenvalue weighted by Crippen LogP contribution is 2.18. The third-order valence-electron chi connectivity index (χ3n) is 3.21. The van der Waals surface area contributed by atoms with Crippen molar-refractivity contribution in [2.75, 3.05) is 11.4 Å². The minimum absolute atomic E-state index is 0.0952. The van der Waals surface area contributed by atoms with Crippen LogP contribution in [0.5, 0.6) is 0 Å². The molecule has 20 heavy (non-hydrogen) atoms. The first-order chi connectivity index (χ1) is 9.33. The molecule has 4 nitrogen and oxygen atoms in total. The topological polar surface area (TPSA) is 41.3 Å². The first-order valence-corrected chi connectivity index (χ1v) is 7.79. The Labute approximate surface area is 123 Å². The summed E-state index contributed by atoms with van der Waals surface area (Å²) in [5.74, 6) is 0. The third-order valence-corrected chi connectivity index (χ3v) is 3.21. The molecule has 4 heteroatoms. The summed E-state index contributed by atoms with van der Waals surface area (Å²) in [6.45, 7) is 14.8. The minimum Gasteiger partial charge on any atom is -0.432 e. The summed E-state index contributed by atoms with van der Waals surface area (Å²) in [7, 11) is 0. The fraction of sp³-hybridized carbons (Fsp3) is 0.812. The summed E-state index contributed by atoms with van der Waals surface area (Å²) in [4.78, 5) is 6.86. The van der Waals surface area contributed by atoms with Crippen molar-refractivity contribution in [1.29, 1.82) is 0 Å². The van der Waals surface area contributed by atoms with Crippen molar-refractivity contribution in [1.82, 2.24) is 10.3 Å². The van der Waals surface area contributed by atoms with Crippen LogP contribution in [0.15, 0.2) is 10.7 Å². The molecule has 1 N–H and O–H groups in total. The van der Waals surface area contributed by atoms with Crippen LogP contribution in [-0.4, -0.2) is 23.1 Å². The summed E-state index contributed by atoms with van der Waals surface area (Å²) in [5, 5.41) is 3.43. The van der Waals surface area contributed by atoms with Gasteiger partial charge in [0.2, 0.25) is 0 Å². The van der Waals surface area contributed by atoms with E-state index in [1.54, 1.807) is 6.26 Å². The molecule has 0 aromatic carbocycles. The molecule has 0 fully saturated rings. The molecule has 0 spiro atoms. The smallest absolute Gasteiger partial charge is 0.297 e. The van der Waals surface area contributed by atoms with Crippen LogP contribution in [0.3, 0.4) is 0 Å². The molecule has 1 rings (SSSR count). The lowest BCUT2D eigenvalue weighted by atomic mass is 10.1. The van der Waals surface area contributed by atoms with Crippen LogP contribution in [0.4, 0.5) is 6.01 Å². The molecule has 0 saturated carbocycles. The zero-order valence-corrected chi connectivity index (χ0v) is 14.0. The van der Waals surface area contributed by atoms with Crippen molar-refractivity contribution in [3.8, 4) is 0 Å². The van der Waals surface area contributed by atoms with Gasteiger partial charge in [-0.05, 0) is 41.0 Å². The number of rotatable bonds is 8. The average molecular weight is 281 g/mol. The maximum Gasteiger partial charge on any atom is 0.297 e. The van der Waals surface area contributed by atoms with Gasteiger partial charge in [-0.15, -0.1) is 0 Å². The second kappa shape index (κ2) is 7.67. The lowest BCUT2D eigenvalue weighted by Gasteiger charge is -2.24. The molecular formula is C16H31N3O. The largest absolute Gasteiger partial charge is 0.432 e. The van der Waals surface area contributed by atoms with E-state index >= 15 is 0 Å². The molecule has 0 unspecified atom stereocenters. The van der Waals surface area contributed by atoms with Gasteiger partial charge in [-0.1, -0.05) is 19.8 Å². The van der Waals surface area contributed by atoms with Crippen molar-refractivity contribution in [3.05, 3.63) is 12.0 Å². The number of hydrogen-bond donors (Lipinski definition) is 1. The van der Waals surface area contributed by atoms with Gasteiger partial charge < -0.3 is 14.6 Å². The van der Waals surface area contributed by atoms with Gasteiger partial charge in [-0.25, -0.2) is 0 Å². The Morgan fingerprint density at radius 1 is 1.30 bits per heavy atom. The molecular weight excluding hydrogens is 250 g/mol. The highest BCUT2D eigenvalue weighted by atomic mass is 16.4. The van der Waals surface area contributed by atoms with E-state index in [0.29, 0.717) is 6.04 Å². The van der Waals surface area contributed by atoms with E-state index in [2.05, 4.69) is 56.7 Å². The maximum absolute atomic E-state index is 5.66. The molecule has 116 valence electrons. The van der Waals surface area contributed by atoms with Crippen molar-refractivity contribution in [2.45, 2.75) is 78.9 Å². The molecule has 1 aromatic rings. The fourth-order valence-corrected chi connectivity index (χ4v) is 1.97. The number of nitrogens with zero attached hydrogens (tertiary/aromatic N) is 2. The predicted octanol–water partition coefficient (Wildman–Crippen LogP) is 3.97. The molecule has 1 heterocycles. The minimum atomic E-state index is 0.0952. The fourth-order valence-electron chi connectivity index (χ4n) is 1.97. The lowest BCUT2D eigenvalue weighted by molar-refractivity contribution is 0.421. The molecule has 0 amide bonds. The van der Waals surface area contributed by atoms with Gasteiger partial charge in [0, 0.05) is 24.7 Å². The number of oxazole rings is 1. The Hall–Kier alpha value is -1.03. The predicted molar refractivity (Wildman–Crippen MR) is 85.1 cm³/mol. The first-order valence-electron chi connectivity index (χ1n) is 7.79. The van der Waals surface area contributed by atoms with Crippen LogP contribution in [0, 0.1) is 0 Å². The van der Waals surface area contributed by atoms with Gasteiger partial charge in [0.05, 0.1) is 5.69 Å². The Morgan fingerprint density at radius 3 is 2.55 bits per heavy atom. The van der Waals surface area contributed by atoms with E-state index in [4.69, 9.17) is 4.42 Å². The van der Waals surface area contributed by atoms with E-state index in [-0.39, 0.29) is 5.54 Å². The third kappa shape index (κ3) is 5.95. The highest BCUT2D eigenvalue weighted by molar-refractivity contribution is 5.28. The summed E-state index contributed by atoms with van der Waals surface area (Å²) < 4.78 is 5.66. The molecule has 0 radical (unpaired) electrons. The Balaban J connectivity index is 2.61. The second-order valence-corrected chi connectivity index (χ2v) is 6.72. The Morgan fingerprint density at radius 2 is 2.00 bits per heavy atom. The highest BCUT2D eigenvalue weighted by Gasteiger charge is 2.17. The van der Waals surface area contributed by atoms with Crippen LogP contribution in [0.25, 0.3) is 0 Å². The molecule has 0 aliphatic heterocycles. The summed E-state index contributed by atoms with van der Waals surface area (Å²) >= 11 is 0. The zero-order valence-electron chi connectivity index (χ0n) is 14.0. The van der Waals surface area contributed by atoms with Crippen LogP contribution < -0.4 is 10.2 Å². The van der Waals surface area contributed by atoms with Crippen LogP contribution >= 0.6 is 0 Å². The molecule has 0 bridgehead atoms. The Kier molecular flexibility index (Phi) is 6.53. The summed E-state index contributed by atoms with van der Waals surface area (Å²) in [6, 6.07) is 1.16. The Bertz CT molecular complexity index is 379. The average Bonchev–Trinajstić information content (AvgIpc) is 2.79. The quantitative estimate of drug-likeness (QED) is 0.732. The summed E-state index contributed by atoms with van der Waals surface area (Å²) in [6.07, 6.45) is 5.44. The number of anilines is 1. The zero-order chi connectivity index (χ0) is 15.2. The van der Waals surface area contributed by atoms with E-state index in [1.807, 2.05) is 0 Å². The van der Waals surface area contributed by atoms with Gasteiger partial charge in [-0.2, -0.15) is 4.98 Å². The SMILES string of the molecule is CCCCCN(c1nc(CNC(C)(C)C)co1)C(C)C. The molecule has 0 atom stereocenters. The normalized spacial score (nSPS) is 12.2. The van der Waals surface area contributed by atoms with Crippen molar-refractivity contribution < 1.29 is 4.42 Å². The van der Waals surface area contributed by atoms with Gasteiger partial charge in [-0.3, -0.25) is 0 Å². The summed E-state index contributed by atoms with van der Waals surface area (Å²) in [5.41, 5.74) is 1.06.